The number of amidine groups is 1. The molecule has 4 bridgehead atoms. The van der Waals surface area contributed by atoms with Crippen LogP contribution < -0.4 is 0 Å². The Morgan fingerprint density at radius 2 is 1.63 bits per heavy atom. The molecule has 1 N–H and O–H groups in total. The van der Waals surface area contributed by atoms with Gasteiger partial charge in [0.05, 0.1) is 12.1 Å². The van der Waals surface area contributed by atoms with E-state index in [0.717, 1.165) is 29.5 Å². The first-order valence-corrected chi connectivity index (χ1v) is 8.23. The van der Waals surface area contributed by atoms with Gasteiger partial charge in [-0.1, -0.05) is 12.8 Å². The molecule has 4 aliphatic rings. The predicted octanol–water partition coefficient (Wildman–Crippen LogP) is 3.47. The Morgan fingerprint density at radius 1 is 0.947 bits per heavy atom. The van der Waals surface area contributed by atoms with Crippen LogP contribution in [0.1, 0.15) is 58.3 Å². The molecule has 0 aromatic rings. The van der Waals surface area contributed by atoms with Crippen LogP contribution in [0.4, 0.5) is 0 Å². The summed E-state index contributed by atoms with van der Waals surface area (Å²) in [4.78, 5) is 4.88. The van der Waals surface area contributed by atoms with E-state index in [-0.39, 0.29) is 0 Å². The average Bonchev–Trinajstić information content (AvgIpc) is 3.17. The van der Waals surface area contributed by atoms with E-state index in [4.69, 9.17) is 4.99 Å². The highest BCUT2D eigenvalue weighted by Crippen LogP contribution is 2.47. The number of hydroxylamine groups is 2. The summed E-state index contributed by atoms with van der Waals surface area (Å²) < 4.78 is 0. The summed E-state index contributed by atoms with van der Waals surface area (Å²) >= 11 is 0. The summed E-state index contributed by atoms with van der Waals surface area (Å²) in [5.74, 6) is 4.23. The molecule has 0 saturated heterocycles. The lowest BCUT2D eigenvalue weighted by Crippen LogP contribution is -2.40. The lowest BCUT2D eigenvalue weighted by molar-refractivity contribution is -0.0713. The highest BCUT2D eigenvalue weighted by atomic mass is 16.5. The van der Waals surface area contributed by atoms with E-state index in [1.807, 2.05) is 6.92 Å². The van der Waals surface area contributed by atoms with E-state index in [1.165, 1.54) is 56.4 Å². The summed E-state index contributed by atoms with van der Waals surface area (Å²) in [6, 6.07) is 0.869. The van der Waals surface area contributed by atoms with Crippen molar-refractivity contribution in [2.45, 2.75) is 70.4 Å². The van der Waals surface area contributed by atoms with Gasteiger partial charge in [-0.15, -0.1) is 0 Å². The lowest BCUT2D eigenvalue weighted by Gasteiger charge is -2.31. The fraction of sp³-hybridized carbons (Fsp3) is 0.938. The second-order valence-corrected chi connectivity index (χ2v) is 7.51. The second-order valence-electron chi connectivity index (χ2n) is 7.51. The number of hydrogen-bond acceptors (Lipinski definition) is 2. The molecule has 6 unspecified atom stereocenters. The van der Waals surface area contributed by atoms with Gasteiger partial charge in [-0.3, -0.25) is 10.2 Å². The summed E-state index contributed by atoms with van der Waals surface area (Å²) in [6.45, 7) is 2.01. The van der Waals surface area contributed by atoms with Crippen LogP contribution in [0.15, 0.2) is 4.99 Å². The second kappa shape index (κ2) is 4.47. The Bertz CT molecular complexity index is 394. The highest BCUT2D eigenvalue weighted by molar-refractivity contribution is 5.79. The minimum Gasteiger partial charge on any atom is -0.287 e. The van der Waals surface area contributed by atoms with Crippen LogP contribution in [0.5, 0.6) is 0 Å². The lowest BCUT2D eigenvalue weighted by atomic mass is 9.94. The van der Waals surface area contributed by atoms with Gasteiger partial charge in [-0.25, -0.2) is 5.06 Å². The first-order chi connectivity index (χ1) is 9.20. The predicted molar refractivity (Wildman–Crippen MR) is 75.2 cm³/mol. The van der Waals surface area contributed by atoms with Crippen molar-refractivity contribution >= 4 is 5.84 Å². The molecule has 4 saturated carbocycles. The van der Waals surface area contributed by atoms with Gasteiger partial charge in [0.1, 0.15) is 5.84 Å². The molecular formula is C16H26N2O. The van der Waals surface area contributed by atoms with Crippen molar-refractivity contribution in [3.05, 3.63) is 0 Å². The fourth-order valence-corrected chi connectivity index (χ4v) is 5.42. The first kappa shape index (κ1) is 12.2. The molecule has 3 heteroatoms. The van der Waals surface area contributed by atoms with Crippen LogP contribution >= 0.6 is 0 Å². The summed E-state index contributed by atoms with van der Waals surface area (Å²) in [6.07, 6.45) is 10.7. The highest BCUT2D eigenvalue weighted by Gasteiger charge is 2.43. The molecule has 4 rings (SSSR count). The van der Waals surface area contributed by atoms with Gasteiger partial charge in [-0.2, -0.15) is 0 Å². The van der Waals surface area contributed by atoms with E-state index in [1.54, 1.807) is 0 Å². The van der Waals surface area contributed by atoms with Crippen molar-refractivity contribution in [3.63, 3.8) is 0 Å². The number of aliphatic imine (C=N–C) groups is 1. The molecule has 0 radical (unpaired) electrons. The Morgan fingerprint density at radius 3 is 2.16 bits per heavy atom. The van der Waals surface area contributed by atoms with E-state index in [9.17, 15) is 5.21 Å². The smallest absolute Gasteiger partial charge is 0.121 e. The quantitative estimate of drug-likeness (QED) is 0.470. The van der Waals surface area contributed by atoms with E-state index < -0.39 is 0 Å². The monoisotopic (exact) mass is 262 g/mol. The molecule has 0 amide bonds. The molecule has 4 fully saturated rings. The van der Waals surface area contributed by atoms with Gasteiger partial charge in [0.15, 0.2) is 0 Å². The Kier molecular flexibility index (Phi) is 2.87. The zero-order valence-corrected chi connectivity index (χ0v) is 12.0. The molecule has 0 aliphatic heterocycles. The minimum atomic E-state index is 0.362. The van der Waals surface area contributed by atoms with E-state index >= 15 is 0 Å². The molecule has 3 nitrogen and oxygen atoms in total. The zero-order valence-electron chi connectivity index (χ0n) is 12.0. The van der Waals surface area contributed by atoms with Crippen molar-refractivity contribution in [1.82, 2.24) is 5.06 Å². The van der Waals surface area contributed by atoms with Crippen molar-refractivity contribution in [2.75, 3.05) is 0 Å². The minimum absolute atomic E-state index is 0.362. The summed E-state index contributed by atoms with van der Waals surface area (Å²) in [5.41, 5.74) is 0. The molecule has 0 aromatic carbocycles. The van der Waals surface area contributed by atoms with Gasteiger partial charge in [0, 0.05) is 0 Å². The topological polar surface area (TPSA) is 35.8 Å². The van der Waals surface area contributed by atoms with E-state index in [2.05, 4.69) is 0 Å². The molecule has 0 spiro atoms. The van der Waals surface area contributed by atoms with Crippen molar-refractivity contribution in [3.8, 4) is 0 Å². The van der Waals surface area contributed by atoms with Crippen LogP contribution in [-0.2, 0) is 0 Å². The third-order valence-corrected chi connectivity index (χ3v) is 6.40. The van der Waals surface area contributed by atoms with Crippen LogP contribution in [0.3, 0.4) is 0 Å². The molecule has 0 aromatic heterocycles. The summed E-state index contributed by atoms with van der Waals surface area (Å²) in [5, 5.41) is 12.0. The normalized spacial score (nSPS) is 48.2. The molecule has 106 valence electrons. The third kappa shape index (κ3) is 2.01. The maximum atomic E-state index is 10.5. The summed E-state index contributed by atoms with van der Waals surface area (Å²) in [7, 11) is 0. The van der Waals surface area contributed by atoms with Crippen molar-refractivity contribution < 1.29 is 5.21 Å². The molecule has 6 atom stereocenters. The molecule has 0 heterocycles. The van der Waals surface area contributed by atoms with Crippen LogP contribution in [0.2, 0.25) is 0 Å². The average molecular weight is 262 g/mol. The Balaban J connectivity index is 1.43. The first-order valence-electron chi connectivity index (χ1n) is 8.23. The van der Waals surface area contributed by atoms with Crippen molar-refractivity contribution in [2.24, 2.45) is 28.7 Å². The Labute approximate surface area is 116 Å². The maximum absolute atomic E-state index is 10.5. The van der Waals surface area contributed by atoms with Crippen LogP contribution in [0, 0.1) is 23.7 Å². The van der Waals surface area contributed by atoms with Crippen LogP contribution in [-0.4, -0.2) is 28.2 Å². The zero-order chi connectivity index (χ0) is 13.0. The molecule has 19 heavy (non-hydrogen) atoms. The molecular weight excluding hydrogens is 236 g/mol. The third-order valence-electron chi connectivity index (χ3n) is 6.40. The molecule has 4 aliphatic carbocycles. The Hall–Kier alpha value is -0.570. The van der Waals surface area contributed by atoms with E-state index in [0.29, 0.717) is 12.1 Å². The van der Waals surface area contributed by atoms with Gasteiger partial charge >= 0.3 is 0 Å². The van der Waals surface area contributed by atoms with Gasteiger partial charge in [0.25, 0.3) is 0 Å². The van der Waals surface area contributed by atoms with Gasteiger partial charge in [-0.05, 0) is 69.1 Å². The number of fused-ring (bicyclic) bond motifs is 4. The fourth-order valence-electron chi connectivity index (χ4n) is 5.42. The SMILES string of the molecule is CC(=NC1CC2CCC1C2)N(O)C1CC2CCC1C2. The van der Waals surface area contributed by atoms with Gasteiger partial charge in [0.2, 0.25) is 0 Å². The maximum Gasteiger partial charge on any atom is 0.121 e. The number of hydrogen-bond donors (Lipinski definition) is 1. The van der Waals surface area contributed by atoms with Crippen molar-refractivity contribution in [1.29, 1.82) is 0 Å². The standard InChI is InChI=1S/C16H26N2O/c1-10(17-15-8-11-2-4-13(15)6-11)18(19)16-9-12-3-5-14(16)7-12/h11-16,19H,2-9H2,1H3. The number of rotatable bonds is 2. The van der Waals surface area contributed by atoms with Crippen LogP contribution in [0.25, 0.3) is 0 Å². The largest absolute Gasteiger partial charge is 0.287 e. The van der Waals surface area contributed by atoms with Gasteiger partial charge < -0.3 is 0 Å². The number of nitrogens with zero attached hydrogens (tertiary/aromatic N) is 2.